The lowest BCUT2D eigenvalue weighted by Crippen LogP contribution is -2.34. The fourth-order valence-corrected chi connectivity index (χ4v) is 1.70. The Balaban J connectivity index is 3.27. The van der Waals surface area contributed by atoms with E-state index < -0.39 is 0 Å². The average Bonchev–Trinajstić information content (AvgIpc) is 2.11. The highest BCUT2D eigenvalue weighted by atomic mass is 14.9. The number of hydrogen-bond acceptors (Lipinski definition) is 2. The summed E-state index contributed by atoms with van der Waals surface area (Å²) in [6.45, 7) is 9.83. The van der Waals surface area contributed by atoms with Crippen molar-refractivity contribution < 1.29 is 0 Å². The molecule has 2 heteroatoms. The fourth-order valence-electron chi connectivity index (χ4n) is 1.70. The van der Waals surface area contributed by atoms with Crippen LogP contribution in [0.2, 0.25) is 0 Å². The number of nitrogens with one attached hydrogen (secondary N) is 1. The molecule has 0 aliphatic heterocycles. The molecule has 0 saturated heterocycles. The molecule has 15 heavy (non-hydrogen) atoms. The molecule has 0 aromatic heterocycles. The van der Waals surface area contributed by atoms with Gasteiger partial charge in [-0.25, -0.2) is 0 Å². The van der Waals surface area contributed by atoms with Crippen LogP contribution in [0, 0.1) is 0 Å². The first-order chi connectivity index (χ1) is 6.95. The van der Waals surface area contributed by atoms with Gasteiger partial charge in [0.25, 0.3) is 0 Å². The normalized spacial score (nSPS) is 14.2. The molecule has 0 amide bonds. The molecule has 0 rings (SSSR count). The predicted molar refractivity (Wildman–Crippen MR) is 69.1 cm³/mol. The van der Waals surface area contributed by atoms with Crippen LogP contribution in [0.5, 0.6) is 0 Å². The van der Waals surface area contributed by atoms with Crippen molar-refractivity contribution in [3.8, 4) is 0 Å². The third kappa shape index (κ3) is 11.8. The number of rotatable bonds is 9. The molecule has 0 spiro atoms. The Hall–Kier alpha value is -0.0800. The maximum absolute atomic E-state index is 5.92. The van der Waals surface area contributed by atoms with Crippen molar-refractivity contribution in [1.29, 1.82) is 0 Å². The Labute approximate surface area is 96.0 Å². The van der Waals surface area contributed by atoms with Gasteiger partial charge in [-0.15, -0.1) is 0 Å². The molecule has 0 bridgehead atoms. The van der Waals surface area contributed by atoms with Gasteiger partial charge in [-0.05, 0) is 46.6 Å². The van der Waals surface area contributed by atoms with Gasteiger partial charge in [0, 0.05) is 11.6 Å². The SMILES string of the molecule is CCCCCC(C)NCCCC(C)(C)N. The van der Waals surface area contributed by atoms with E-state index in [9.17, 15) is 0 Å². The van der Waals surface area contributed by atoms with E-state index in [-0.39, 0.29) is 5.54 Å². The first kappa shape index (κ1) is 14.9. The van der Waals surface area contributed by atoms with E-state index >= 15 is 0 Å². The van der Waals surface area contributed by atoms with E-state index in [0.717, 1.165) is 13.0 Å². The number of unbranched alkanes of at least 4 members (excludes halogenated alkanes) is 2. The zero-order chi connectivity index (χ0) is 11.7. The van der Waals surface area contributed by atoms with Gasteiger partial charge in [-0.3, -0.25) is 0 Å². The zero-order valence-corrected chi connectivity index (χ0v) is 11.1. The van der Waals surface area contributed by atoms with E-state index in [4.69, 9.17) is 5.73 Å². The summed E-state index contributed by atoms with van der Waals surface area (Å²) < 4.78 is 0. The molecular formula is C13H30N2. The van der Waals surface area contributed by atoms with Crippen LogP contribution in [-0.2, 0) is 0 Å². The third-order valence-electron chi connectivity index (χ3n) is 2.73. The van der Waals surface area contributed by atoms with Crippen LogP contribution in [0.25, 0.3) is 0 Å². The van der Waals surface area contributed by atoms with Gasteiger partial charge in [-0.2, -0.15) is 0 Å². The summed E-state index contributed by atoms with van der Waals surface area (Å²) in [6, 6.07) is 0.664. The highest BCUT2D eigenvalue weighted by molar-refractivity contribution is 4.72. The van der Waals surface area contributed by atoms with Crippen LogP contribution in [0.1, 0.15) is 66.2 Å². The van der Waals surface area contributed by atoms with Crippen LogP contribution >= 0.6 is 0 Å². The second-order valence-electron chi connectivity index (χ2n) is 5.44. The predicted octanol–water partition coefficient (Wildman–Crippen LogP) is 3.06. The first-order valence-electron chi connectivity index (χ1n) is 6.48. The molecule has 0 radical (unpaired) electrons. The lowest BCUT2D eigenvalue weighted by molar-refractivity contribution is 0.424. The number of hydrogen-bond donors (Lipinski definition) is 2. The van der Waals surface area contributed by atoms with E-state index in [2.05, 4.69) is 33.0 Å². The molecule has 0 aromatic rings. The standard InChI is InChI=1S/C13H30N2/c1-5-6-7-9-12(2)15-11-8-10-13(3,4)14/h12,15H,5-11,14H2,1-4H3. The van der Waals surface area contributed by atoms with Crippen molar-refractivity contribution in [2.45, 2.75) is 77.8 Å². The van der Waals surface area contributed by atoms with Crippen LogP contribution in [-0.4, -0.2) is 18.1 Å². The Morgan fingerprint density at radius 2 is 1.87 bits per heavy atom. The molecule has 0 aromatic carbocycles. The summed E-state index contributed by atoms with van der Waals surface area (Å²) in [6.07, 6.45) is 7.62. The van der Waals surface area contributed by atoms with Crippen molar-refractivity contribution in [1.82, 2.24) is 5.32 Å². The van der Waals surface area contributed by atoms with Gasteiger partial charge in [0.05, 0.1) is 0 Å². The minimum absolute atomic E-state index is 0.00682. The lowest BCUT2D eigenvalue weighted by Gasteiger charge is -2.19. The molecular weight excluding hydrogens is 184 g/mol. The second kappa shape index (κ2) is 8.12. The average molecular weight is 214 g/mol. The van der Waals surface area contributed by atoms with Gasteiger partial charge in [-0.1, -0.05) is 26.2 Å². The van der Waals surface area contributed by atoms with Crippen molar-refractivity contribution >= 4 is 0 Å². The molecule has 0 aliphatic carbocycles. The third-order valence-corrected chi connectivity index (χ3v) is 2.73. The Morgan fingerprint density at radius 3 is 2.40 bits per heavy atom. The number of nitrogens with two attached hydrogens (primary N) is 1. The molecule has 0 saturated carbocycles. The molecule has 0 heterocycles. The van der Waals surface area contributed by atoms with Gasteiger partial charge in [0.15, 0.2) is 0 Å². The molecule has 0 fully saturated rings. The Kier molecular flexibility index (Phi) is 8.07. The quantitative estimate of drug-likeness (QED) is 0.579. The van der Waals surface area contributed by atoms with Gasteiger partial charge in [0.2, 0.25) is 0 Å². The van der Waals surface area contributed by atoms with E-state index in [0.29, 0.717) is 6.04 Å². The molecule has 1 atom stereocenters. The maximum Gasteiger partial charge on any atom is 0.00975 e. The zero-order valence-electron chi connectivity index (χ0n) is 11.1. The van der Waals surface area contributed by atoms with Crippen molar-refractivity contribution in [3.63, 3.8) is 0 Å². The fraction of sp³-hybridized carbons (Fsp3) is 1.00. The first-order valence-corrected chi connectivity index (χ1v) is 6.48. The molecule has 0 aliphatic rings. The van der Waals surface area contributed by atoms with Crippen LogP contribution in [0.4, 0.5) is 0 Å². The summed E-state index contributed by atoms with van der Waals surface area (Å²) in [5.41, 5.74) is 5.92. The Bertz CT molecular complexity index is 138. The van der Waals surface area contributed by atoms with E-state index in [1.54, 1.807) is 0 Å². The highest BCUT2D eigenvalue weighted by Crippen LogP contribution is 2.07. The Morgan fingerprint density at radius 1 is 1.20 bits per heavy atom. The summed E-state index contributed by atoms with van der Waals surface area (Å²) in [5, 5.41) is 3.56. The highest BCUT2D eigenvalue weighted by Gasteiger charge is 2.09. The van der Waals surface area contributed by atoms with Crippen molar-refractivity contribution in [2.24, 2.45) is 5.73 Å². The van der Waals surface area contributed by atoms with Gasteiger partial charge >= 0.3 is 0 Å². The summed E-state index contributed by atoms with van der Waals surface area (Å²) >= 11 is 0. The largest absolute Gasteiger partial charge is 0.326 e. The smallest absolute Gasteiger partial charge is 0.00975 e. The maximum atomic E-state index is 5.92. The summed E-state index contributed by atoms with van der Waals surface area (Å²) in [5.74, 6) is 0. The minimum atomic E-state index is -0.00682. The van der Waals surface area contributed by atoms with Crippen LogP contribution in [0.3, 0.4) is 0 Å². The minimum Gasteiger partial charge on any atom is -0.326 e. The molecule has 92 valence electrons. The molecule has 1 unspecified atom stereocenters. The van der Waals surface area contributed by atoms with Gasteiger partial charge < -0.3 is 11.1 Å². The lowest BCUT2D eigenvalue weighted by atomic mass is 10.00. The van der Waals surface area contributed by atoms with Gasteiger partial charge in [0.1, 0.15) is 0 Å². The topological polar surface area (TPSA) is 38.0 Å². The van der Waals surface area contributed by atoms with E-state index in [1.165, 1.54) is 32.1 Å². The van der Waals surface area contributed by atoms with Crippen molar-refractivity contribution in [3.05, 3.63) is 0 Å². The second-order valence-corrected chi connectivity index (χ2v) is 5.44. The van der Waals surface area contributed by atoms with Crippen molar-refractivity contribution in [2.75, 3.05) is 6.54 Å². The summed E-state index contributed by atoms with van der Waals surface area (Å²) in [7, 11) is 0. The molecule has 3 N–H and O–H groups in total. The summed E-state index contributed by atoms with van der Waals surface area (Å²) in [4.78, 5) is 0. The van der Waals surface area contributed by atoms with E-state index in [1.807, 2.05) is 0 Å². The monoisotopic (exact) mass is 214 g/mol. The molecule has 2 nitrogen and oxygen atoms in total. The van der Waals surface area contributed by atoms with Crippen LogP contribution in [0.15, 0.2) is 0 Å². The van der Waals surface area contributed by atoms with Crippen LogP contribution < -0.4 is 11.1 Å².